The summed E-state index contributed by atoms with van der Waals surface area (Å²) in [5.74, 6) is 1.04. The molecule has 0 bridgehead atoms. The fourth-order valence-corrected chi connectivity index (χ4v) is 2.96. The molecule has 0 aliphatic carbocycles. The molecule has 1 N–H and O–H groups in total. The van der Waals surface area contributed by atoms with E-state index >= 15 is 0 Å². The number of aryl methyl sites for hydroxylation is 2. The van der Waals surface area contributed by atoms with Crippen molar-refractivity contribution >= 4 is 17.2 Å². The largest absolute Gasteiger partial charge is 0.351 e. The first kappa shape index (κ1) is 15.5. The summed E-state index contributed by atoms with van der Waals surface area (Å²) in [6.07, 6.45) is 11.1. The number of H-pyrrole nitrogens is 1. The number of rotatable bonds is 8. The second-order valence-corrected chi connectivity index (χ2v) is 6.06. The first-order valence-electron chi connectivity index (χ1n) is 8.31. The van der Waals surface area contributed by atoms with E-state index < -0.39 is 0 Å². The van der Waals surface area contributed by atoms with Crippen molar-refractivity contribution in [2.45, 2.75) is 38.5 Å². The molecule has 2 heterocycles. The zero-order valence-electron chi connectivity index (χ0n) is 13.6. The van der Waals surface area contributed by atoms with Crippen LogP contribution in [0.4, 0.5) is 0 Å². The van der Waals surface area contributed by atoms with E-state index in [1.165, 1.54) is 16.5 Å². The number of carbonyl (C=O) groups excluding carboxylic acids is 1. The summed E-state index contributed by atoms with van der Waals surface area (Å²) < 4.78 is 2.13. The number of imidazole rings is 1. The van der Waals surface area contributed by atoms with Gasteiger partial charge in [0.15, 0.2) is 0 Å². The zero-order chi connectivity index (χ0) is 16.1. The molecular weight excluding hydrogens is 286 g/mol. The van der Waals surface area contributed by atoms with Gasteiger partial charge in [0.25, 0.3) is 0 Å². The molecule has 4 nitrogen and oxygen atoms in total. The van der Waals surface area contributed by atoms with Crippen molar-refractivity contribution in [2.24, 2.45) is 7.05 Å². The van der Waals surface area contributed by atoms with Crippen molar-refractivity contribution in [2.75, 3.05) is 0 Å². The van der Waals surface area contributed by atoms with E-state index in [0.717, 1.165) is 49.9 Å². The van der Waals surface area contributed by atoms with Gasteiger partial charge in [-0.25, -0.2) is 4.98 Å². The summed E-state index contributed by atoms with van der Waals surface area (Å²) in [4.78, 5) is 18.2. The van der Waals surface area contributed by atoms with Gasteiger partial charge in [0.2, 0.25) is 0 Å². The van der Waals surface area contributed by atoms with Crippen LogP contribution < -0.4 is 0 Å². The Morgan fingerprint density at radius 3 is 2.91 bits per heavy atom. The molecule has 3 rings (SSSR count). The van der Waals surface area contributed by atoms with Gasteiger partial charge >= 0.3 is 0 Å². The maximum atomic E-state index is 10.3. The van der Waals surface area contributed by atoms with Crippen LogP contribution in [-0.4, -0.2) is 20.8 Å². The highest BCUT2D eigenvalue weighted by atomic mass is 16.1. The zero-order valence-corrected chi connectivity index (χ0v) is 13.6. The number of nitrogens with zero attached hydrogens (tertiary/aromatic N) is 2. The molecule has 120 valence electrons. The number of nitrogens with one attached hydrogen (secondary N) is 1. The Kier molecular flexibility index (Phi) is 4.91. The van der Waals surface area contributed by atoms with Crippen LogP contribution in [0.2, 0.25) is 0 Å². The van der Waals surface area contributed by atoms with Gasteiger partial charge in [-0.1, -0.05) is 18.9 Å². The summed E-state index contributed by atoms with van der Waals surface area (Å²) in [5, 5.41) is 1.25. The molecule has 2 aromatic heterocycles. The van der Waals surface area contributed by atoms with E-state index in [4.69, 9.17) is 0 Å². The highest BCUT2D eigenvalue weighted by molar-refractivity contribution is 5.84. The average molecular weight is 309 g/mol. The molecule has 0 spiro atoms. The summed E-state index contributed by atoms with van der Waals surface area (Å²) in [6, 6.07) is 8.62. The molecular formula is C19H23N3O. The molecule has 0 fully saturated rings. The summed E-state index contributed by atoms with van der Waals surface area (Å²) >= 11 is 0. The fourth-order valence-electron chi connectivity index (χ4n) is 2.96. The molecule has 23 heavy (non-hydrogen) atoms. The topological polar surface area (TPSA) is 50.7 Å². The first-order chi connectivity index (χ1) is 11.3. The predicted octanol–water partition coefficient (Wildman–Crippen LogP) is 4.26. The molecule has 0 unspecified atom stereocenters. The minimum Gasteiger partial charge on any atom is -0.351 e. The van der Waals surface area contributed by atoms with Gasteiger partial charge in [-0.2, -0.15) is 0 Å². The Balaban J connectivity index is 1.60. The van der Waals surface area contributed by atoms with E-state index in [-0.39, 0.29) is 0 Å². The second kappa shape index (κ2) is 7.27. The third-order valence-electron chi connectivity index (χ3n) is 4.31. The van der Waals surface area contributed by atoms with Gasteiger partial charge in [0.05, 0.1) is 11.9 Å². The predicted molar refractivity (Wildman–Crippen MR) is 93.4 cm³/mol. The van der Waals surface area contributed by atoms with Crippen LogP contribution >= 0.6 is 0 Å². The second-order valence-electron chi connectivity index (χ2n) is 6.06. The van der Waals surface area contributed by atoms with Crippen LogP contribution in [0.15, 0.2) is 36.7 Å². The van der Waals surface area contributed by atoms with E-state index in [2.05, 4.69) is 52.0 Å². The van der Waals surface area contributed by atoms with Crippen LogP contribution in [0, 0.1) is 0 Å². The number of hydrogen-bond donors (Lipinski definition) is 1. The minimum absolute atomic E-state index is 0.687. The highest BCUT2D eigenvalue weighted by Gasteiger charge is 2.05. The maximum absolute atomic E-state index is 10.3. The third kappa shape index (κ3) is 3.70. The van der Waals surface area contributed by atoms with E-state index in [1.54, 1.807) is 0 Å². The molecule has 1 aromatic carbocycles. The van der Waals surface area contributed by atoms with Gasteiger partial charge < -0.3 is 14.3 Å². The number of fused-ring (bicyclic) bond motifs is 1. The number of carbonyl (C=O) groups is 1. The normalized spacial score (nSPS) is 11.2. The van der Waals surface area contributed by atoms with Crippen LogP contribution in [-0.2, 0) is 18.3 Å². The summed E-state index contributed by atoms with van der Waals surface area (Å²) in [5.41, 5.74) is 3.49. The lowest BCUT2D eigenvalue weighted by atomic mass is 10.1. The highest BCUT2D eigenvalue weighted by Crippen LogP contribution is 2.24. The molecule has 0 aliphatic rings. The number of aromatic nitrogens is 3. The fraction of sp³-hybridized carbons (Fsp3) is 0.368. The Bertz CT molecular complexity index is 785. The summed E-state index contributed by atoms with van der Waals surface area (Å²) in [7, 11) is 2.06. The van der Waals surface area contributed by atoms with E-state index in [1.807, 2.05) is 6.20 Å². The van der Waals surface area contributed by atoms with Gasteiger partial charge in [0.1, 0.15) is 12.1 Å². The minimum atomic E-state index is 0.687. The number of benzene rings is 1. The van der Waals surface area contributed by atoms with Crippen molar-refractivity contribution in [3.05, 3.63) is 42.5 Å². The van der Waals surface area contributed by atoms with Crippen LogP contribution in [0.25, 0.3) is 22.2 Å². The number of aldehydes is 1. The maximum Gasteiger partial charge on any atom is 0.119 e. The Morgan fingerprint density at radius 1 is 1.17 bits per heavy atom. The molecule has 0 radical (unpaired) electrons. The molecule has 3 aromatic rings. The summed E-state index contributed by atoms with van der Waals surface area (Å²) in [6.45, 7) is 0. The first-order valence-corrected chi connectivity index (χ1v) is 8.31. The molecule has 0 saturated heterocycles. The van der Waals surface area contributed by atoms with E-state index in [9.17, 15) is 4.79 Å². The lowest BCUT2D eigenvalue weighted by Gasteiger charge is -2.01. The van der Waals surface area contributed by atoms with Crippen molar-refractivity contribution in [3.8, 4) is 11.3 Å². The lowest BCUT2D eigenvalue weighted by Crippen LogP contribution is -1.89. The van der Waals surface area contributed by atoms with Crippen molar-refractivity contribution in [3.63, 3.8) is 0 Å². The third-order valence-corrected chi connectivity index (χ3v) is 4.31. The van der Waals surface area contributed by atoms with Gasteiger partial charge in [-0.15, -0.1) is 0 Å². The van der Waals surface area contributed by atoms with Gasteiger partial charge in [-0.3, -0.25) is 0 Å². The Hall–Kier alpha value is -2.36. The van der Waals surface area contributed by atoms with Crippen molar-refractivity contribution in [1.82, 2.24) is 14.5 Å². The number of hydrogen-bond acceptors (Lipinski definition) is 2. The van der Waals surface area contributed by atoms with Gasteiger partial charge in [-0.05, 0) is 31.0 Å². The van der Waals surface area contributed by atoms with Crippen LogP contribution in [0.1, 0.15) is 37.9 Å². The molecule has 0 atom stereocenters. The van der Waals surface area contributed by atoms with Crippen LogP contribution in [0.5, 0.6) is 0 Å². The molecule has 4 heteroatoms. The van der Waals surface area contributed by atoms with E-state index in [0.29, 0.717) is 6.42 Å². The standard InChI is InChI=1S/C19H23N3O/c1-22-11-10-16-13-15(8-9-18(16)22)17-14-20-19(21-17)7-5-3-2-4-6-12-23/h8-14H,2-7H2,1H3,(H,20,21). The Morgan fingerprint density at radius 2 is 2.04 bits per heavy atom. The van der Waals surface area contributed by atoms with Crippen molar-refractivity contribution < 1.29 is 4.79 Å². The molecule has 0 amide bonds. The smallest absolute Gasteiger partial charge is 0.119 e. The lowest BCUT2D eigenvalue weighted by molar-refractivity contribution is -0.107. The average Bonchev–Trinajstić information content (AvgIpc) is 3.18. The monoisotopic (exact) mass is 309 g/mol. The van der Waals surface area contributed by atoms with Crippen molar-refractivity contribution in [1.29, 1.82) is 0 Å². The van der Waals surface area contributed by atoms with Crippen LogP contribution in [0.3, 0.4) is 0 Å². The molecule has 0 aliphatic heterocycles. The van der Waals surface area contributed by atoms with Gasteiger partial charge in [0, 0.05) is 42.6 Å². The SMILES string of the molecule is Cn1ccc2cc(-c3cnc(CCCCCCC=O)[nH]3)ccc21. The molecule has 0 saturated carbocycles. The number of unbranched alkanes of at least 4 members (excludes halogenated alkanes) is 4. The Labute approximate surface area is 136 Å². The number of aromatic amines is 1. The quantitative estimate of drug-likeness (QED) is 0.499.